The molecule has 0 aliphatic rings. The van der Waals surface area contributed by atoms with E-state index in [1.807, 2.05) is 6.92 Å². The summed E-state index contributed by atoms with van der Waals surface area (Å²) in [6.07, 6.45) is 2.88. The molecule has 54 valence electrons. The predicted molar refractivity (Wildman–Crippen MR) is 39.1 cm³/mol. The topological polar surface area (TPSA) is 46.2 Å². The second-order valence-corrected chi connectivity index (χ2v) is 2.17. The zero-order valence-electron chi connectivity index (χ0n) is 5.88. The number of aliphatic hydroxyl groups excluding tert-OH is 1. The maximum Gasteiger partial charge on any atom is 0.0726 e. The zero-order chi connectivity index (χ0) is 7.28. The molecule has 0 aromatic heterocycles. The van der Waals surface area contributed by atoms with Crippen molar-refractivity contribution < 1.29 is 5.11 Å². The molecule has 0 saturated carbocycles. The zero-order valence-corrected chi connectivity index (χ0v) is 5.88. The van der Waals surface area contributed by atoms with E-state index < -0.39 is 6.10 Å². The first-order valence-electron chi connectivity index (χ1n) is 3.28. The van der Waals surface area contributed by atoms with Crippen LogP contribution in [0.4, 0.5) is 0 Å². The molecule has 9 heavy (non-hydrogen) atoms. The van der Waals surface area contributed by atoms with Crippen LogP contribution in [0.3, 0.4) is 0 Å². The summed E-state index contributed by atoms with van der Waals surface area (Å²) in [7, 11) is 0. The molecule has 0 amide bonds. The van der Waals surface area contributed by atoms with Crippen LogP contribution in [0.5, 0.6) is 0 Å². The molecule has 2 nitrogen and oxygen atoms in total. The first-order valence-corrected chi connectivity index (χ1v) is 3.28. The van der Waals surface area contributed by atoms with Gasteiger partial charge in [-0.2, -0.15) is 0 Å². The molecule has 0 aliphatic carbocycles. The van der Waals surface area contributed by atoms with Crippen molar-refractivity contribution in [2.45, 2.75) is 31.9 Å². The normalized spacial score (nSPS) is 16.8. The summed E-state index contributed by atoms with van der Waals surface area (Å²) in [5.74, 6) is 0. The summed E-state index contributed by atoms with van der Waals surface area (Å²) in [6.45, 7) is 5.49. The van der Waals surface area contributed by atoms with Gasteiger partial charge in [-0.1, -0.05) is 19.4 Å². The third-order valence-corrected chi connectivity index (χ3v) is 1.30. The summed E-state index contributed by atoms with van der Waals surface area (Å²) in [6, 6.07) is -0.259. The molecule has 0 fully saturated rings. The predicted octanol–water partition coefficient (Wildman–Crippen LogP) is 0.661. The van der Waals surface area contributed by atoms with Crippen LogP contribution in [0.2, 0.25) is 0 Å². The Hall–Kier alpha value is -0.340. The number of hydrogen-bond acceptors (Lipinski definition) is 2. The molecule has 2 unspecified atom stereocenters. The standard InChI is InChI=1S/C7H15NO/c1-3-5-7(9)6(8)4-2/h4,6-7,9H,2-3,5,8H2,1H3. The van der Waals surface area contributed by atoms with Gasteiger partial charge in [-0.3, -0.25) is 0 Å². The fourth-order valence-electron chi connectivity index (χ4n) is 0.645. The van der Waals surface area contributed by atoms with Crippen LogP contribution in [0, 0.1) is 0 Å². The quantitative estimate of drug-likeness (QED) is 0.548. The largest absolute Gasteiger partial charge is 0.391 e. The summed E-state index contributed by atoms with van der Waals surface area (Å²) >= 11 is 0. The summed E-state index contributed by atoms with van der Waals surface area (Å²) in [5.41, 5.74) is 5.43. The van der Waals surface area contributed by atoms with Crippen LogP contribution in [-0.2, 0) is 0 Å². The molecule has 0 bridgehead atoms. The molecule has 2 heteroatoms. The molecule has 0 spiro atoms. The van der Waals surface area contributed by atoms with Crippen molar-refractivity contribution in [1.82, 2.24) is 0 Å². The molecule has 0 rings (SSSR count). The van der Waals surface area contributed by atoms with E-state index in [4.69, 9.17) is 10.8 Å². The third kappa shape index (κ3) is 3.27. The van der Waals surface area contributed by atoms with Gasteiger partial charge in [0.05, 0.1) is 6.10 Å². The molecule has 0 aromatic carbocycles. The van der Waals surface area contributed by atoms with Crippen molar-refractivity contribution >= 4 is 0 Å². The van der Waals surface area contributed by atoms with Gasteiger partial charge in [0.25, 0.3) is 0 Å². The number of aliphatic hydroxyl groups is 1. The van der Waals surface area contributed by atoms with Gasteiger partial charge in [0, 0.05) is 6.04 Å². The fraction of sp³-hybridized carbons (Fsp3) is 0.714. The summed E-state index contributed by atoms with van der Waals surface area (Å²) < 4.78 is 0. The smallest absolute Gasteiger partial charge is 0.0726 e. The van der Waals surface area contributed by atoms with Crippen molar-refractivity contribution in [1.29, 1.82) is 0 Å². The average Bonchev–Trinajstić information content (AvgIpc) is 1.87. The van der Waals surface area contributed by atoms with Crippen LogP contribution in [-0.4, -0.2) is 17.3 Å². The lowest BCUT2D eigenvalue weighted by Gasteiger charge is -2.12. The highest BCUT2D eigenvalue weighted by Crippen LogP contribution is 1.99. The number of nitrogens with two attached hydrogens (primary N) is 1. The highest BCUT2D eigenvalue weighted by atomic mass is 16.3. The van der Waals surface area contributed by atoms with E-state index in [0.717, 1.165) is 12.8 Å². The minimum absolute atomic E-state index is 0.259. The van der Waals surface area contributed by atoms with Crippen LogP contribution in [0.15, 0.2) is 12.7 Å². The van der Waals surface area contributed by atoms with Gasteiger partial charge < -0.3 is 10.8 Å². The van der Waals surface area contributed by atoms with Gasteiger partial charge in [-0.25, -0.2) is 0 Å². The van der Waals surface area contributed by atoms with Crippen LogP contribution in [0.25, 0.3) is 0 Å². The Morgan fingerprint density at radius 1 is 1.78 bits per heavy atom. The van der Waals surface area contributed by atoms with E-state index in [2.05, 4.69) is 6.58 Å². The third-order valence-electron chi connectivity index (χ3n) is 1.30. The van der Waals surface area contributed by atoms with Crippen molar-refractivity contribution in [3.63, 3.8) is 0 Å². The molecule has 0 aromatic rings. The van der Waals surface area contributed by atoms with E-state index in [-0.39, 0.29) is 6.04 Å². The van der Waals surface area contributed by atoms with E-state index in [0.29, 0.717) is 0 Å². The van der Waals surface area contributed by atoms with Gasteiger partial charge in [0.1, 0.15) is 0 Å². The molecule has 3 N–H and O–H groups in total. The lowest BCUT2D eigenvalue weighted by Crippen LogP contribution is -2.32. The average molecular weight is 129 g/mol. The van der Waals surface area contributed by atoms with Crippen molar-refractivity contribution in [3.8, 4) is 0 Å². The molecular formula is C7H15NO. The second kappa shape index (κ2) is 4.53. The van der Waals surface area contributed by atoms with Gasteiger partial charge >= 0.3 is 0 Å². The Bertz CT molecular complexity index is 83.0. The van der Waals surface area contributed by atoms with Crippen molar-refractivity contribution in [3.05, 3.63) is 12.7 Å². The number of rotatable bonds is 4. The van der Waals surface area contributed by atoms with Crippen molar-refractivity contribution in [2.24, 2.45) is 5.73 Å². The Balaban J connectivity index is 3.44. The Labute approximate surface area is 56.4 Å². The van der Waals surface area contributed by atoms with Gasteiger partial charge in [0.15, 0.2) is 0 Å². The highest BCUT2D eigenvalue weighted by Gasteiger charge is 2.08. The minimum Gasteiger partial charge on any atom is -0.391 e. The SMILES string of the molecule is C=CC(N)C(O)CCC. The highest BCUT2D eigenvalue weighted by molar-refractivity contribution is 4.87. The maximum atomic E-state index is 9.12. The fourth-order valence-corrected chi connectivity index (χ4v) is 0.645. The molecule has 0 aliphatic heterocycles. The lowest BCUT2D eigenvalue weighted by atomic mass is 10.1. The molecule has 0 saturated heterocycles. The minimum atomic E-state index is -0.410. The van der Waals surface area contributed by atoms with Crippen molar-refractivity contribution in [2.75, 3.05) is 0 Å². The van der Waals surface area contributed by atoms with E-state index >= 15 is 0 Å². The Morgan fingerprint density at radius 2 is 2.33 bits per heavy atom. The van der Waals surface area contributed by atoms with Gasteiger partial charge in [-0.05, 0) is 6.42 Å². The molecule has 2 atom stereocenters. The lowest BCUT2D eigenvalue weighted by molar-refractivity contribution is 0.150. The van der Waals surface area contributed by atoms with Gasteiger partial charge in [0.2, 0.25) is 0 Å². The van der Waals surface area contributed by atoms with E-state index in [1.54, 1.807) is 6.08 Å². The monoisotopic (exact) mass is 129 g/mol. The van der Waals surface area contributed by atoms with E-state index in [9.17, 15) is 0 Å². The number of hydrogen-bond donors (Lipinski definition) is 2. The first-order chi connectivity index (χ1) is 4.22. The van der Waals surface area contributed by atoms with Crippen LogP contribution >= 0.6 is 0 Å². The second-order valence-electron chi connectivity index (χ2n) is 2.17. The summed E-state index contributed by atoms with van der Waals surface area (Å²) in [4.78, 5) is 0. The Morgan fingerprint density at radius 3 is 2.67 bits per heavy atom. The van der Waals surface area contributed by atoms with Gasteiger partial charge in [-0.15, -0.1) is 6.58 Å². The maximum absolute atomic E-state index is 9.12. The Kier molecular flexibility index (Phi) is 4.36. The molecule has 0 radical (unpaired) electrons. The molecular weight excluding hydrogens is 114 g/mol. The van der Waals surface area contributed by atoms with Crippen LogP contribution < -0.4 is 5.73 Å². The van der Waals surface area contributed by atoms with E-state index in [1.165, 1.54) is 0 Å². The first kappa shape index (κ1) is 8.66. The molecule has 0 heterocycles. The van der Waals surface area contributed by atoms with Crippen LogP contribution in [0.1, 0.15) is 19.8 Å². The summed E-state index contributed by atoms with van der Waals surface area (Å²) in [5, 5.41) is 9.12.